The van der Waals surface area contributed by atoms with Crippen molar-refractivity contribution in [2.75, 3.05) is 0 Å². The molecule has 6 heteroatoms. The summed E-state index contributed by atoms with van der Waals surface area (Å²) < 4.78 is 26.5. The lowest BCUT2D eigenvalue weighted by Crippen LogP contribution is -1.95. The molecule has 2 rings (SSSR count). The molecule has 0 spiro atoms. The van der Waals surface area contributed by atoms with Crippen LogP contribution < -0.4 is 0 Å². The van der Waals surface area contributed by atoms with Gasteiger partial charge in [0.15, 0.2) is 5.65 Å². The third-order valence-corrected chi connectivity index (χ3v) is 2.13. The maximum absolute atomic E-state index is 12.2. The first-order valence-electron chi connectivity index (χ1n) is 3.46. The van der Waals surface area contributed by atoms with E-state index in [0.29, 0.717) is 10.1 Å². The highest BCUT2D eigenvalue weighted by atomic mass is 79.9. The zero-order valence-electron chi connectivity index (χ0n) is 6.28. The van der Waals surface area contributed by atoms with Gasteiger partial charge in [-0.25, -0.2) is 18.3 Å². The Morgan fingerprint density at radius 2 is 2.23 bits per heavy atom. The lowest BCUT2D eigenvalue weighted by Gasteiger charge is -1.98. The van der Waals surface area contributed by atoms with Gasteiger partial charge in [0, 0.05) is 6.20 Å². The quantitative estimate of drug-likeness (QED) is 0.775. The van der Waals surface area contributed by atoms with E-state index in [1.54, 1.807) is 0 Å². The van der Waals surface area contributed by atoms with Crippen LogP contribution in [0.2, 0.25) is 0 Å². The first-order valence-corrected chi connectivity index (χ1v) is 4.25. The van der Waals surface area contributed by atoms with Gasteiger partial charge in [0.2, 0.25) is 0 Å². The van der Waals surface area contributed by atoms with Crippen molar-refractivity contribution in [1.82, 2.24) is 14.6 Å². The molecular weight excluding hydrogens is 244 g/mol. The van der Waals surface area contributed by atoms with Gasteiger partial charge in [-0.3, -0.25) is 0 Å². The van der Waals surface area contributed by atoms with E-state index in [1.165, 1.54) is 23.0 Å². The summed E-state index contributed by atoms with van der Waals surface area (Å²) in [6.45, 7) is 0. The predicted molar refractivity (Wildman–Crippen MR) is 45.6 cm³/mol. The van der Waals surface area contributed by atoms with Gasteiger partial charge in [-0.2, -0.15) is 5.10 Å². The third kappa shape index (κ3) is 1.41. The van der Waals surface area contributed by atoms with E-state index < -0.39 is 6.43 Å². The van der Waals surface area contributed by atoms with Crippen LogP contribution in [0.3, 0.4) is 0 Å². The Bertz CT molecular complexity index is 440. The molecule has 0 saturated carbocycles. The molecule has 0 aliphatic heterocycles. The molecule has 0 radical (unpaired) electrons. The molecule has 0 saturated heterocycles. The van der Waals surface area contributed by atoms with Crippen LogP contribution in [-0.4, -0.2) is 14.6 Å². The highest BCUT2D eigenvalue weighted by Crippen LogP contribution is 2.20. The van der Waals surface area contributed by atoms with Crippen LogP contribution in [0.15, 0.2) is 22.9 Å². The van der Waals surface area contributed by atoms with Crippen molar-refractivity contribution >= 4 is 21.6 Å². The molecule has 0 N–H and O–H groups in total. The molecule has 0 atom stereocenters. The SMILES string of the molecule is FC(F)c1ccn2ncc(Br)c2n1. The molecule has 2 heterocycles. The summed E-state index contributed by atoms with van der Waals surface area (Å²) in [4.78, 5) is 3.74. The monoisotopic (exact) mass is 247 g/mol. The largest absolute Gasteiger partial charge is 0.280 e. The highest BCUT2D eigenvalue weighted by molar-refractivity contribution is 9.10. The number of hydrogen-bond donors (Lipinski definition) is 0. The first-order chi connectivity index (χ1) is 6.18. The Morgan fingerprint density at radius 1 is 1.46 bits per heavy atom. The van der Waals surface area contributed by atoms with Crippen molar-refractivity contribution in [3.63, 3.8) is 0 Å². The van der Waals surface area contributed by atoms with E-state index >= 15 is 0 Å². The highest BCUT2D eigenvalue weighted by Gasteiger charge is 2.10. The summed E-state index contributed by atoms with van der Waals surface area (Å²) in [7, 11) is 0. The number of rotatable bonds is 1. The maximum Gasteiger partial charge on any atom is 0.280 e. The van der Waals surface area contributed by atoms with Crippen LogP contribution in [-0.2, 0) is 0 Å². The van der Waals surface area contributed by atoms with E-state index in [0.717, 1.165) is 0 Å². The number of alkyl halides is 2. The fraction of sp³-hybridized carbons (Fsp3) is 0.143. The second-order valence-corrected chi connectivity index (χ2v) is 3.27. The van der Waals surface area contributed by atoms with Gasteiger partial charge in [-0.1, -0.05) is 0 Å². The minimum absolute atomic E-state index is 0.242. The summed E-state index contributed by atoms with van der Waals surface area (Å²) in [6, 6.07) is 1.25. The van der Waals surface area contributed by atoms with Crippen LogP contribution in [0.4, 0.5) is 8.78 Å². The average Bonchev–Trinajstić information content (AvgIpc) is 2.47. The number of halogens is 3. The van der Waals surface area contributed by atoms with Crippen LogP contribution in [0.5, 0.6) is 0 Å². The van der Waals surface area contributed by atoms with Gasteiger partial charge < -0.3 is 0 Å². The van der Waals surface area contributed by atoms with E-state index in [1.807, 2.05) is 0 Å². The van der Waals surface area contributed by atoms with Gasteiger partial charge in [-0.15, -0.1) is 0 Å². The Morgan fingerprint density at radius 3 is 2.92 bits per heavy atom. The van der Waals surface area contributed by atoms with Crippen molar-refractivity contribution in [2.24, 2.45) is 0 Å². The van der Waals surface area contributed by atoms with Crippen molar-refractivity contribution in [2.45, 2.75) is 6.43 Å². The van der Waals surface area contributed by atoms with Crippen LogP contribution >= 0.6 is 15.9 Å². The first kappa shape index (κ1) is 8.55. The summed E-state index contributed by atoms with van der Waals surface area (Å²) in [5.74, 6) is 0. The molecule has 0 bridgehead atoms. The second-order valence-electron chi connectivity index (χ2n) is 2.41. The summed E-state index contributed by atoms with van der Waals surface area (Å²) in [5.41, 5.74) is 0.159. The summed E-state index contributed by atoms with van der Waals surface area (Å²) >= 11 is 3.16. The minimum atomic E-state index is -2.55. The third-order valence-electron chi connectivity index (χ3n) is 1.57. The van der Waals surface area contributed by atoms with E-state index in [9.17, 15) is 8.78 Å². The minimum Gasteiger partial charge on any atom is -0.226 e. The Hall–Kier alpha value is -1.04. The zero-order chi connectivity index (χ0) is 9.42. The topological polar surface area (TPSA) is 30.2 Å². The zero-order valence-corrected chi connectivity index (χ0v) is 7.87. The average molecular weight is 248 g/mol. The molecule has 0 aliphatic rings. The van der Waals surface area contributed by atoms with Crippen molar-refractivity contribution in [3.05, 3.63) is 28.6 Å². The molecular formula is C7H4BrF2N3. The fourth-order valence-corrected chi connectivity index (χ4v) is 1.34. The molecule has 2 aromatic rings. The van der Waals surface area contributed by atoms with E-state index in [2.05, 4.69) is 26.0 Å². The number of hydrogen-bond acceptors (Lipinski definition) is 2. The smallest absolute Gasteiger partial charge is 0.226 e. The van der Waals surface area contributed by atoms with Gasteiger partial charge in [-0.05, 0) is 22.0 Å². The van der Waals surface area contributed by atoms with Gasteiger partial charge in [0.25, 0.3) is 6.43 Å². The van der Waals surface area contributed by atoms with Crippen molar-refractivity contribution in [1.29, 1.82) is 0 Å². The molecule has 68 valence electrons. The van der Waals surface area contributed by atoms with Gasteiger partial charge >= 0.3 is 0 Å². The van der Waals surface area contributed by atoms with E-state index in [-0.39, 0.29) is 5.69 Å². The second kappa shape index (κ2) is 3.02. The lowest BCUT2D eigenvalue weighted by molar-refractivity contribution is 0.146. The maximum atomic E-state index is 12.2. The Balaban J connectivity index is 2.66. The molecule has 2 aromatic heterocycles. The van der Waals surface area contributed by atoms with E-state index in [4.69, 9.17) is 0 Å². The molecule has 3 nitrogen and oxygen atoms in total. The summed E-state index contributed by atoms with van der Waals surface area (Å²) in [6.07, 6.45) is 0.415. The number of nitrogens with zero attached hydrogens (tertiary/aromatic N) is 3. The molecule has 0 amide bonds. The molecule has 0 aliphatic carbocycles. The molecule has 0 unspecified atom stereocenters. The summed E-state index contributed by atoms with van der Waals surface area (Å²) in [5, 5.41) is 3.88. The van der Waals surface area contributed by atoms with Crippen molar-refractivity contribution in [3.8, 4) is 0 Å². The Labute approximate surface area is 80.5 Å². The van der Waals surface area contributed by atoms with Crippen molar-refractivity contribution < 1.29 is 8.78 Å². The van der Waals surface area contributed by atoms with Crippen LogP contribution in [0.1, 0.15) is 12.1 Å². The fourth-order valence-electron chi connectivity index (χ4n) is 0.977. The van der Waals surface area contributed by atoms with Gasteiger partial charge in [0.1, 0.15) is 5.69 Å². The number of fused-ring (bicyclic) bond motifs is 1. The van der Waals surface area contributed by atoms with Crippen LogP contribution in [0.25, 0.3) is 5.65 Å². The van der Waals surface area contributed by atoms with Gasteiger partial charge in [0.05, 0.1) is 10.7 Å². The standard InChI is InChI=1S/C7H4BrF2N3/c8-4-3-11-13-2-1-5(6(9)10)12-7(4)13/h1-3,6H. The Kier molecular flexibility index (Phi) is 1.99. The lowest BCUT2D eigenvalue weighted by atomic mass is 10.4. The predicted octanol–water partition coefficient (Wildman–Crippen LogP) is 2.43. The van der Waals surface area contributed by atoms with Crippen LogP contribution in [0, 0.1) is 0 Å². The molecule has 13 heavy (non-hydrogen) atoms. The molecule has 0 fully saturated rings. The normalized spacial score (nSPS) is 11.4. The number of aromatic nitrogens is 3. The molecule has 0 aromatic carbocycles.